The topological polar surface area (TPSA) is 128 Å². The number of carboxylic acid groups (broad SMARTS) is 1. The number of furan rings is 1. The predicted octanol–water partition coefficient (Wildman–Crippen LogP) is 1.25. The van der Waals surface area contributed by atoms with Gasteiger partial charge in [-0.05, 0) is 18.2 Å². The van der Waals surface area contributed by atoms with Crippen LogP contribution in [0.4, 0.5) is 11.6 Å². The van der Waals surface area contributed by atoms with Gasteiger partial charge in [0.15, 0.2) is 5.88 Å². The summed E-state index contributed by atoms with van der Waals surface area (Å²) in [7, 11) is 0. The molecule has 0 bridgehead atoms. The van der Waals surface area contributed by atoms with Crippen LogP contribution in [-0.2, 0) is 0 Å². The Balaban J connectivity index is 2.12. The van der Waals surface area contributed by atoms with Gasteiger partial charge in [0.1, 0.15) is 0 Å². The molecule has 0 spiro atoms. The lowest BCUT2D eigenvalue weighted by atomic mass is 10.1. The Morgan fingerprint density at radius 1 is 1.10 bits per heavy atom. The molecular formula is C13H9N3O5. The van der Waals surface area contributed by atoms with Crippen LogP contribution in [0.1, 0.15) is 10.6 Å². The van der Waals surface area contributed by atoms with Crippen molar-refractivity contribution < 1.29 is 14.3 Å². The summed E-state index contributed by atoms with van der Waals surface area (Å²) >= 11 is 0. The van der Waals surface area contributed by atoms with Gasteiger partial charge in [0, 0.05) is 6.07 Å². The first-order chi connectivity index (χ1) is 10.1. The number of carbonyl (C=O) groups is 1. The number of anilines is 2. The van der Waals surface area contributed by atoms with Crippen LogP contribution in [0.25, 0.3) is 10.8 Å². The fraction of sp³-hybridized carbons (Fsp3) is 0. The average molecular weight is 287 g/mol. The fourth-order valence-electron chi connectivity index (χ4n) is 1.99. The normalized spacial score (nSPS) is 10.7. The summed E-state index contributed by atoms with van der Waals surface area (Å²) < 4.78 is 5.06. The number of benzene rings is 1. The first-order valence-electron chi connectivity index (χ1n) is 5.90. The Morgan fingerprint density at radius 3 is 2.57 bits per heavy atom. The summed E-state index contributed by atoms with van der Waals surface area (Å²) in [5, 5.41) is 16.4. The Bertz CT molecular complexity index is 950. The summed E-state index contributed by atoms with van der Waals surface area (Å²) in [5.74, 6) is -1.28. The molecule has 0 aliphatic carbocycles. The number of hydrogen-bond donors (Lipinski definition) is 4. The molecule has 8 nitrogen and oxygen atoms in total. The second-order valence-corrected chi connectivity index (χ2v) is 4.23. The van der Waals surface area contributed by atoms with Crippen molar-refractivity contribution in [1.82, 2.24) is 10.2 Å². The van der Waals surface area contributed by atoms with Gasteiger partial charge < -0.3 is 14.8 Å². The van der Waals surface area contributed by atoms with E-state index in [1.165, 1.54) is 18.2 Å². The van der Waals surface area contributed by atoms with Crippen molar-refractivity contribution in [3.05, 3.63) is 56.8 Å². The Hall–Kier alpha value is -3.29. The van der Waals surface area contributed by atoms with E-state index in [9.17, 15) is 14.4 Å². The number of rotatable bonds is 3. The van der Waals surface area contributed by atoms with E-state index in [0.717, 1.165) is 0 Å². The molecule has 1 aromatic carbocycles. The number of aromatic amines is 2. The minimum Gasteiger partial charge on any atom is -0.475 e. The van der Waals surface area contributed by atoms with Gasteiger partial charge in [0.25, 0.3) is 11.1 Å². The number of carboxylic acids is 1. The highest BCUT2D eigenvalue weighted by molar-refractivity contribution is 5.94. The van der Waals surface area contributed by atoms with Gasteiger partial charge in [-0.3, -0.25) is 19.8 Å². The minimum atomic E-state index is -1.20. The van der Waals surface area contributed by atoms with E-state index in [4.69, 9.17) is 9.52 Å². The molecule has 0 unspecified atom stereocenters. The molecule has 2 heterocycles. The van der Waals surface area contributed by atoms with Gasteiger partial charge in [0.2, 0.25) is 5.76 Å². The standard InChI is InChI=1S/C13H9N3O5/c17-11-6-2-1-3-7(10(6)12(18)16-15-11)14-9-5-4-8(21-9)13(19)20/h1-5,14H,(H,15,17)(H,16,18)(H,19,20). The molecule has 0 amide bonds. The molecule has 8 heteroatoms. The van der Waals surface area contributed by atoms with E-state index in [0.29, 0.717) is 5.69 Å². The largest absolute Gasteiger partial charge is 0.475 e. The summed E-state index contributed by atoms with van der Waals surface area (Å²) in [4.78, 5) is 34.3. The second-order valence-electron chi connectivity index (χ2n) is 4.23. The molecule has 0 aliphatic heterocycles. The molecule has 0 radical (unpaired) electrons. The molecule has 0 fully saturated rings. The van der Waals surface area contributed by atoms with Crippen molar-refractivity contribution in [2.75, 3.05) is 5.32 Å². The van der Waals surface area contributed by atoms with Gasteiger partial charge in [-0.1, -0.05) is 6.07 Å². The maximum absolute atomic E-state index is 11.9. The molecule has 4 N–H and O–H groups in total. The highest BCUT2D eigenvalue weighted by Crippen LogP contribution is 2.23. The van der Waals surface area contributed by atoms with Crippen molar-refractivity contribution in [2.45, 2.75) is 0 Å². The van der Waals surface area contributed by atoms with Crippen molar-refractivity contribution in [2.24, 2.45) is 0 Å². The summed E-state index contributed by atoms with van der Waals surface area (Å²) in [6, 6.07) is 7.40. The molecule has 0 aliphatic rings. The van der Waals surface area contributed by atoms with E-state index < -0.39 is 17.1 Å². The van der Waals surface area contributed by atoms with E-state index in [1.807, 2.05) is 0 Å². The molecule has 0 saturated carbocycles. The number of H-pyrrole nitrogens is 2. The monoisotopic (exact) mass is 287 g/mol. The molecule has 0 saturated heterocycles. The minimum absolute atomic E-state index is 0.152. The fourth-order valence-corrected chi connectivity index (χ4v) is 1.99. The smallest absolute Gasteiger partial charge is 0.371 e. The van der Waals surface area contributed by atoms with Gasteiger partial charge in [0.05, 0.1) is 16.5 Å². The Kier molecular flexibility index (Phi) is 2.83. The summed E-state index contributed by atoms with van der Waals surface area (Å²) in [6.45, 7) is 0. The summed E-state index contributed by atoms with van der Waals surface area (Å²) in [5.41, 5.74) is -0.567. The molecule has 21 heavy (non-hydrogen) atoms. The first-order valence-corrected chi connectivity index (χ1v) is 5.90. The maximum atomic E-state index is 11.9. The quantitative estimate of drug-likeness (QED) is 0.574. The zero-order chi connectivity index (χ0) is 15.0. The van der Waals surface area contributed by atoms with Crippen LogP contribution in [0, 0.1) is 0 Å². The number of nitrogens with one attached hydrogen (secondary N) is 3. The molecule has 2 aromatic heterocycles. The first kappa shape index (κ1) is 12.7. The van der Waals surface area contributed by atoms with Crippen LogP contribution in [-0.4, -0.2) is 21.3 Å². The maximum Gasteiger partial charge on any atom is 0.371 e. The number of fused-ring (bicyclic) bond motifs is 1. The number of aromatic carboxylic acids is 1. The van der Waals surface area contributed by atoms with E-state index in [2.05, 4.69) is 15.5 Å². The lowest BCUT2D eigenvalue weighted by Crippen LogP contribution is -2.19. The third-order valence-corrected chi connectivity index (χ3v) is 2.90. The molecule has 0 atom stereocenters. The van der Waals surface area contributed by atoms with Crippen molar-refractivity contribution >= 4 is 28.3 Å². The third-order valence-electron chi connectivity index (χ3n) is 2.90. The molecule has 3 aromatic rings. The van der Waals surface area contributed by atoms with Crippen molar-refractivity contribution in [3.8, 4) is 0 Å². The average Bonchev–Trinajstić information content (AvgIpc) is 2.92. The van der Waals surface area contributed by atoms with Gasteiger partial charge in [-0.2, -0.15) is 0 Å². The zero-order valence-electron chi connectivity index (χ0n) is 10.5. The van der Waals surface area contributed by atoms with Gasteiger partial charge in [-0.15, -0.1) is 0 Å². The molecule has 3 rings (SSSR count). The van der Waals surface area contributed by atoms with Crippen LogP contribution < -0.4 is 16.4 Å². The van der Waals surface area contributed by atoms with Gasteiger partial charge >= 0.3 is 5.97 Å². The van der Waals surface area contributed by atoms with Crippen LogP contribution in [0.3, 0.4) is 0 Å². The molecular weight excluding hydrogens is 278 g/mol. The van der Waals surface area contributed by atoms with Crippen LogP contribution in [0.2, 0.25) is 0 Å². The number of aromatic nitrogens is 2. The second kappa shape index (κ2) is 4.67. The number of hydrogen-bond acceptors (Lipinski definition) is 5. The van der Waals surface area contributed by atoms with Gasteiger partial charge in [-0.25, -0.2) is 4.79 Å². The van der Waals surface area contributed by atoms with E-state index in [1.54, 1.807) is 12.1 Å². The zero-order valence-corrected chi connectivity index (χ0v) is 10.5. The van der Waals surface area contributed by atoms with Crippen LogP contribution in [0.15, 0.2) is 44.3 Å². The molecule has 106 valence electrons. The summed E-state index contributed by atoms with van der Waals surface area (Å²) in [6.07, 6.45) is 0. The predicted molar refractivity (Wildman–Crippen MR) is 74.1 cm³/mol. The van der Waals surface area contributed by atoms with E-state index >= 15 is 0 Å². The SMILES string of the molecule is O=C(O)c1ccc(Nc2cccc3c(=O)[nH][nH]c(=O)c23)o1. The lowest BCUT2D eigenvalue weighted by molar-refractivity contribution is 0.0663. The Labute approximate surface area is 116 Å². The van der Waals surface area contributed by atoms with Crippen molar-refractivity contribution in [3.63, 3.8) is 0 Å². The Morgan fingerprint density at radius 2 is 1.86 bits per heavy atom. The third kappa shape index (κ3) is 2.18. The highest BCUT2D eigenvalue weighted by atomic mass is 16.4. The van der Waals surface area contributed by atoms with E-state index in [-0.39, 0.29) is 22.4 Å². The van der Waals surface area contributed by atoms with Crippen LogP contribution in [0.5, 0.6) is 0 Å². The van der Waals surface area contributed by atoms with Crippen molar-refractivity contribution in [1.29, 1.82) is 0 Å². The highest BCUT2D eigenvalue weighted by Gasteiger charge is 2.12. The lowest BCUT2D eigenvalue weighted by Gasteiger charge is -2.05. The van der Waals surface area contributed by atoms with Crippen LogP contribution >= 0.6 is 0 Å².